The molecule has 0 aromatic heterocycles. The summed E-state index contributed by atoms with van der Waals surface area (Å²) in [6.45, 7) is 3.48. The largest absolute Gasteiger partial charge is 0.423 e. The van der Waals surface area contributed by atoms with Gasteiger partial charge < -0.3 is 19.7 Å². The van der Waals surface area contributed by atoms with Gasteiger partial charge in [-0.1, -0.05) is 6.07 Å². The molecule has 6 heteroatoms. The number of nitrogens with one attached hydrogen (secondary N) is 1. The number of hydrogen-bond acceptors (Lipinski definition) is 5. The summed E-state index contributed by atoms with van der Waals surface area (Å²) in [7, 11) is 0. The minimum atomic E-state index is -0.344. The van der Waals surface area contributed by atoms with Crippen LogP contribution in [0.1, 0.15) is 18.4 Å². The average molecular weight is 304 g/mol. The quantitative estimate of drug-likeness (QED) is 0.664. The molecule has 1 atom stereocenters. The van der Waals surface area contributed by atoms with Crippen molar-refractivity contribution >= 4 is 17.6 Å². The molecule has 3 rings (SSSR count). The van der Waals surface area contributed by atoms with E-state index in [4.69, 9.17) is 9.47 Å². The van der Waals surface area contributed by atoms with Gasteiger partial charge in [-0.3, -0.25) is 4.79 Å². The second-order valence-corrected chi connectivity index (χ2v) is 5.74. The molecule has 1 unspecified atom stereocenters. The van der Waals surface area contributed by atoms with Gasteiger partial charge in [0.1, 0.15) is 6.54 Å². The van der Waals surface area contributed by atoms with E-state index >= 15 is 0 Å². The third-order valence-electron chi connectivity index (χ3n) is 3.88. The predicted molar refractivity (Wildman–Crippen MR) is 81.0 cm³/mol. The second kappa shape index (κ2) is 6.36. The number of fused-ring (bicyclic) bond motifs is 1. The Morgan fingerprint density at radius 1 is 1.45 bits per heavy atom. The first-order valence-electron chi connectivity index (χ1n) is 7.56. The lowest BCUT2D eigenvalue weighted by Crippen LogP contribution is -2.44. The first kappa shape index (κ1) is 14.8. The minimum absolute atomic E-state index is 0.0871. The number of carbonyl (C=O) groups is 2. The molecule has 0 aliphatic carbocycles. The third kappa shape index (κ3) is 3.39. The zero-order valence-electron chi connectivity index (χ0n) is 12.6. The maximum absolute atomic E-state index is 12.1. The molecule has 118 valence electrons. The molecule has 2 heterocycles. The van der Waals surface area contributed by atoms with E-state index in [2.05, 4.69) is 5.32 Å². The molecule has 0 saturated carbocycles. The Morgan fingerprint density at radius 2 is 2.32 bits per heavy atom. The molecule has 1 amide bonds. The Hall–Kier alpha value is -2.08. The van der Waals surface area contributed by atoms with Crippen LogP contribution >= 0.6 is 0 Å². The Bertz CT molecular complexity index is 582. The van der Waals surface area contributed by atoms with Crippen molar-refractivity contribution in [3.8, 4) is 5.75 Å². The predicted octanol–water partition coefficient (Wildman–Crippen LogP) is 1.02. The van der Waals surface area contributed by atoms with Crippen LogP contribution in [-0.4, -0.2) is 44.2 Å². The van der Waals surface area contributed by atoms with Gasteiger partial charge in [0.05, 0.1) is 18.3 Å². The van der Waals surface area contributed by atoms with Gasteiger partial charge in [-0.15, -0.1) is 0 Å². The van der Waals surface area contributed by atoms with Crippen LogP contribution in [0.25, 0.3) is 0 Å². The first-order valence-corrected chi connectivity index (χ1v) is 7.56. The Balaban J connectivity index is 1.63. The highest BCUT2D eigenvalue weighted by Crippen LogP contribution is 2.32. The topological polar surface area (TPSA) is 67.9 Å². The van der Waals surface area contributed by atoms with E-state index in [1.54, 1.807) is 11.0 Å². The number of esters is 1. The SMILES string of the molecule is Cc1ccc2c(c1)N(CC(=O)NCC1CCCO1)CC(=O)O2. The van der Waals surface area contributed by atoms with Crippen molar-refractivity contribution < 1.29 is 19.1 Å². The molecule has 0 radical (unpaired) electrons. The van der Waals surface area contributed by atoms with Crippen molar-refractivity contribution in [2.45, 2.75) is 25.9 Å². The lowest BCUT2D eigenvalue weighted by Gasteiger charge is -2.29. The molecule has 1 aromatic rings. The molecule has 2 aliphatic rings. The summed E-state index contributed by atoms with van der Waals surface area (Å²) in [4.78, 5) is 25.5. The Kier molecular flexibility index (Phi) is 4.29. The number of amides is 1. The summed E-state index contributed by atoms with van der Waals surface area (Å²) in [5.41, 5.74) is 1.84. The van der Waals surface area contributed by atoms with E-state index < -0.39 is 0 Å². The van der Waals surface area contributed by atoms with Gasteiger partial charge in [0, 0.05) is 13.2 Å². The summed E-state index contributed by atoms with van der Waals surface area (Å²) in [5.74, 6) is 0.0507. The monoisotopic (exact) mass is 304 g/mol. The van der Waals surface area contributed by atoms with Crippen LogP contribution in [0.15, 0.2) is 18.2 Å². The van der Waals surface area contributed by atoms with Gasteiger partial charge in [-0.25, -0.2) is 4.79 Å². The number of nitrogens with zero attached hydrogens (tertiary/aromatic N) is 1. The van der Waals surface area contributed by atoms with Gasteiger partial charge in [0.25, 0.3) is 0 Å². The number of aryl methyl sites for hydroxylation is 1. The summed E-state index contributed by atoms with van der Waals surface area (Å²) >= 11 is 0. The van der Waals surface area contributed by atoms with Crippen molar-refractivity contribution in [1.29, 1.82) is 0 Å². The van der Waals surface area contributed by atoms with Gasteiger partial charge in [0.2, 0.25) is 5.91 Å². The standard InChI is InChI=1S/C16H20N2O4/c1-11-4-5-14-13(7-11)18(10-16(20)22-14)9-15(19)17-8-12-3-2-6-21-12/h4-5,7,12H,2-3,6,8-10H2,1H3,(H,17,19). The average Bonchev–Trinajstić information content (AvgIpc) is 2.99. The highest BCUT2D eigenvalue weighted by atomic mass is 16.5. The summed E-state index contributed by atoms with van der Waals surface area (Å²) < 4.78 is 10.7. The number of anilines is 1. The van der Waals surface area contributed by atoms with Gasteiger partial charge >= 0.3 is 5.97 Å². The van der Waals surface area contributed by atoms with Crippen molar-refractivity contribution in [1.82, 2.24) is 5.32 Å². The van der Waals surface area contributed by atoms with E-state index in [1.165, 1.54) is 0 Å². The highest BCUT2D eigenvalue weighted by Gasteiger charge is 2.26. The van der Waals surface area contributed by atoms with Gasteiger partial charge in [-0.2, -0.15) is 0 Å². The van der Waals surface area contributed by atoms with E-state index in [1.807, 2.05) is 19.1 Å². The molecular weight excluding hydrogens is 284 g/mol. The molecule has 2 aliphatic heterocycles. The Labute approximate surface area is 129 Å². The Morgan fingerprint density at radius 3 is 3.09 bits per heavy atom. The van der Waals surface area contributed by atoms with E-state index in [0.717, 1.165) is 30.7 Å². The maximum Gasteiger partial charge on any atom is 0.331 e. The van der Waals surface area contributed by atoms with Crippen LogP contribution in [0.3, 0.4) is 0 Å². The number of rotatable bonds is 4. The number of carbonyl (C=O) groups excluding carboxylic acids is 2. The summed E-state index contributed by atoms with van der Waals surface area (Å²) in [6, 6.07) is 5.57. The summed E-state index contributed by atoms with van der Waals surface area (Å²) in [5, 5.41) is 2.87. The molecule has 1 N–H and O–H groups in total. The molecule has 0 spiro atoms. The molecule has 1 saturated heterocycles. The van der Waals surface area contributed by atoms with Crippen molar-refractivity contribution in [2.24, 2.45) is 0 Å². The molecule has 1 aromatic carbocycles. The molecule has 6 nitrogen and oxygen atoms in total. The minimum Gasteiger partial charge on any atom is -0.423 e. The smallest absolute Gasteiger partial charge is 0.331 e. The lowest BCUT2D eigenvalue weighted by molar-refractivity contribution is -0.133. The molecule has 0 bridgehead atoms. The fraction of sp³-hybridized carbons (Fsp3) is 0.500. The van der Waals surface area contributed by atoms with E-state index in [9.17, 15) is 9.59 Å². The molecule has 22 heavy (non-hydrogen) atoms. The van der Waals surface area contributed by atoms with Gasteiger partial charge in [0.15, 0.2) is 5.75 Å². The van der Waals surface area contributed by atoms with E-state index in [0.29, 0.717) is 12.3 Å². The highest BCUT2D eigenvalue weighted by molar-refractivity contribution is 5.89. The normalized spacial score (nSPS) is 20.5. The maximum atomic E-state index is 12.1. The second-order valence-electron chi connectivity index (χ2n) is 5.74. The van der Waals surface area contributed by atoms with Crippen LogP contribution in [0.2, 0.25) is 0 Å². The van der Waals surface area contributed by atoms with Crippen molar-refractivity contribution in [3.05, 3.63) is 23.8 Å². The van der Waals surface area contributed by atoms with Crippen LogP contribution in [0, 0.1) is 6.92 Å². The van der Waals surface area contributed by atoms with Gasteiger partial charge in [-0.05, 0) is 37.5 Å². The fourth-order valence-electron chi connectivity index (χ4n) is 2.76. The molecule has 1 fully saturated rings. The zero-order valence-corrected chi connectivity index (χ0v) is 12.6. The van der Waals surface area contributed by atoms with Crippen molar-refractivity contribution in [2.75, 3.05) is 31.1 Å². The van der Waals surface area contributed by atoms with Crippen LogP contribution in [0.5, 0.6) is 5.75 Å². The fourth-order valence-corrected chi connectivity index (χ4v) is 2.76. The number of benzene rings is 1. The van der Waals surface area contributed by atoms with Crippen LogP contribution in [-0.2, 0) is 14.3 Å². The lowest BCUT2D eigenvalue weighted by atomic mass is 10.1. The number of hydrogen-bond donors (Lipinski definition) is 1. The number of ether oxygens (including phenoxy) is 2. The van der Waals surface area contributed by atoms with E-state index in [-0.39, 0.29) is 31.1 Å². The molecular formula is C16H20N2O4. The first-order chi connectivity index (χ1) is 10.6. The van der Waals surface area contributed by atoms with Crippen molar-refractivity contribution in [3.63, 3.8) is 0 Å². The zero-order chi connectivity index (χ0) is 15.5. The van der Waals surface area contributed by atoms with Crippen LogP contribution in [0.4, 0.5) is 5.69 Å². The third-order valence-corrected chi connectivity index (χ3v) is 3.88. The van der Waals surface area contributed by atoms with Crippen LogP contribution < -0.4 is 15.0 Å². The summed E-state index contributed by atoms with van der Waals surface area (Å²) in [6.07, 6.45) is 2.15.